The Morgan fingerprint density at radius 1 is 1.21 bits per heavy atom. The van der Waals surface area contributed by atoms with Crippen LogP contribution in [0.1, 0.15) is 47.6 Å². The molecule has 2 aliphatic rings. The second-order valence-electron chi connectivity index (χ2n) is 7.43. The standard InChI is InChI=1S/C20H19F2N5O/c21-12-3-6-16(22)14(9-12)17-2-1-7-27(17)19-15-8-11(10-23-18(15)25-26-19)20(28)24-13-4-5-13/h3,6,8-10,13,17H,1-2,4-5,7H2,(H,24,28)(H,23,25,26). The molecular formula is C20H19F2N5O. The van der Waals surface area contributed by atoms with Crippen molar-refractivity contribution in [2.45, 2.75) is 37.8 Å². The predicted octanol–water partition coefficient (Wildman–Crippen LogP) is 3.47. The number of H-pyrrole nitrogens is 1. The molecule has 1 atom stereocenters. The zero-order valence-electron chi connectivity index (χ0n) is 15.1. The van der Waals surface area contributed by atoms with Gasteiger partial charge in [-0.1, -0.05) is 0 Å². The number of fused-ring (bicyclic) bond motifs is 1. The summed E-state index contributed by atoms with van der Waals surface area (Å²) in [6, 6.07) is 5.23. The first-order chi connectivity index (χ1) is 13.6. The Labute approximate surface area is 159 Å². The maximum Gasteiger partial charge on any atom is 0.253 e. The fraction of sp³-hybridized carbons (Fsp3) is 0.350. The number of carbonyl (C=O) groups is 1. The van der Waals surface area contributed by atoms with Gasteiger partial charge in [0.05, 0.1) is 17.0 Å². The van der Waals surface area contributed by atoms with Crippen molar-refractivity contribution in [3.8, 4) is 0 Å². The van der Waals surface area contributed by atoms with Gasteiger partial charge in [0.15, 0.2) is 11.5 Å². The molecule has 1 amide bonds. The fourth-order valence-electron chi connectivity index (χ4n) is 3.84. The number of halogens is 2. The van der Waals surface area contributed by atoms with Crippen LogP contribution < -0.4 is 10.2 Å². The van der Waals surface area contributed by atoms with Gasteiger partial charge in [0, 0.05) is 24.3 Å². The minimum Gasteiger partial charge on any atom is -0.349 e. The number of carbonyl (C=O) groups excluding carboxylic acids is 1. The molecule has 144 valence electrons. The van der Waals surface area contributed by atoms with Crippen molar-refractivity contribution in [1.29, 1.82) is 0 Å². The van der Waals surface area contributed by atoms with E-state index in [-0.39, 0.29) is 18.0 Å². The summed E-state index contributed by atoms with van der Waals surface area (Å²) in [5, 5.41) is 10.9. The first-order valence-corrected chi connectivity index (χ1v) is 9.47. The average Bonchev–Trinajstić information content (AvgIpc) is 3.21. The molecule has 1 aliphatic heterocycles. The predicted molar refractivity (Wildman–Crippen MR) is 100 cm³/mol. The van der Waals surface area contributed by atoms with Crippen LogP contribution in [0.4, 0.5) is 14.6 Å². The number of anilines is 1. The van der Waals surface area contributed by atoms with E-state index in [0.717, 1.165) is 31.4 Å². The number of aromatic amines is 1. The van der Waals surface area contributed by atoms with Gasteiger partial charge in [0.25, 0.3) is 5.91 Å². The van der Waals surface area contributed by atoms with Crippen LogP contribution in [0.25, 0.3) is 11.0 Å². The largest absolute Gasteiger partial charge is 0.349 e. The first-order valence-electron chi connectivity index (χ1n) is 9.47. The smallest absolute Gasteiger partial charge is 0.253 e. The van der Waals surface area contributed by atoms with Crippen LogP contribution in [0.5, 0.6) is 0 Å². The van der Waals surface area contributed by atoms with E-state index < -0.39 is 11.6 Å². The maximum absolute atomic E-state index is 14.4. The molecule has 1 aliphatic carbocycles. The Bertz CT molecular complexity index is 1060. The lowest BCUT2D eigenvalue weighted by molar-refractivity contribution is 0.0951. The summed E-state index contributed by atoms with van der Waals surface area (Å²) in [5.41, 5.74) is 1.35. The van der Waals surface area contributed by atoms with Crippen molar-refractivity contribution in [2.75, 3.05) is 11.4 Å². The summed E-state index contributed by atoms with van der Waals surface area (Å²) in [4.78, 5) is 18.6. The second-order valence-corrected chi connectivity index (χ2v) is 7.43. The van der Waals surface area contributed by atoms with Gasteiger partial charge in [-0.05, 0) is 49.9 Å². The highest BCUT2D eigenvalue weighted by molar-refractivity contribution is 5.99. The number of rotatable bonds is 4. The number of nitrogens with one attached hydrogen (secondary N) is 2. The van der Waals surface area contributed by atoms with E-state index >= 15 is 0 Å². The number of hydrogen-bond acceptors (Lipinski definition) is 4. The lowest BCUT2D eigenvalue weighted by Gasteiger charge is -2.25. The highest BCUT2D eigenvalue weighted by Crippen LogP contribution is 2.39. The maximum atomic E-state index is 14.4. The van der Waals surface area contributed by atoms with Crippen LogP contribution in [0, 0.1) is 11.6 Å². The van der Waals surface area contributed by atoms with Gasteiger partial charge in [-0.25, -0.2) is 13.8 Å². The highest BCUT2D eigenvalue weighted by Gasteiger charge is 2.32. The zero-order chi connectivity index (χ0) is 19.3. The molecule has 1 saturated heterocycles. The Hall–Kier alpha value is -3.03. The van der Waals surface area contributed by atoms with E-state index in [1.165, 1.54) is 12.3 Å². The van der Waals surface area contributed by atoms with Crippen LogP contribution in [-0.2, 0) is 0 Å². The lowest BCUT2D eigenvalue weighted by Crippen LogP contribution is -2.25. The summed E-state index contributed by atoms with van der Waals surface area (Å²) in [7, 11) is 0. The quantitative estimate of drug-likeness (QED) is 0.724. The van der Waals surface area contributed by atoms with Gasteiger partial charge in [-0.15, -0.1) is 0 Å². The Morgan fingerprint density at radius 3 is 2.89 bits per heavy atom. The fourth-order valence-corrected chi connectivity index (χ4v) is 3.84. The second kappa shape index (κ2) is 6.54. The molecule has 3 aromatic rings. The van der Waals surface area contributed by atoms with Crippen LogP contribution >= 0.6 is 0 Å². The molecule has 1 unspecified atom stereocenters. The molecule has 2 aromatic heterocycles. The third-order valence-electron chi connectivity index (χ3n) is 5.41. The van der Waals surface area contributed by atoms with Crippen molar-refractivity contribution >= 4 is 22.8 Å². The zero-order valence-corrected chi connectivity index (χ0v) is 15.1. The average molecular weight is 383 g/mol. The van der Waals surface area contributed by atoms with Crippen molar-refractivity contribution in [3.63, 3.8) is 0 Å². The summed E-state index contributed by atoms with van der Waals surface area (Å²) < 4.78 is 28.1. The molecule has 6 nitrogen and oxygen atoms in total. The van der Waals surface area contributed by atoms with Crippen LogP contribution in [-0.4, -0.2) is 33.7 Å². The Morgan fingerprint density at radius 2 is 2.07 bits per heavy atom. The molecule has 0 radical (unpaired) electrons. The molecule has 2 fully saturated rings. The summed E-state index contributed by atoms with van der Waals surface area (Å²) in [6.07, 6.45) is 5.07. The van der Waals surface area contributed by atoms with Gasteiger partial charge >= 0.3 is 0 Å². The lowest BCUT2D eigenvalue weighted by atomic mass is 10.0. The number of hydrogen-bond donors (Lipinski definition) is 2. The molecule has 28 heavy (non-hydrogen) atoms. The van der Waals surface area contributed by atoms with Crippen LogP contribution in [0.15, 0.2) is 30.5 Å². The number of pyridine rings is 1. The van der Waals surface area contributed by atoms with E-state index in [0.29, 0.717) is 40.9 Å². The number of aromatic nitrogens is 3. The monoisotopic (exact) mass is 383 g/mol. The normalized spacial score (nSPS) is 19.4. The van der Waals surface area contributed by atoms with Crippen molar-refractivity contribution < 1.29 is 13.6 Å². The molecule has 0 bridgehead atoms. The molecule has 5 rings (SSSR count). The Kier molecular flexibility index (Phi) is 3.99. The van der Waals surface area contributed by atoms with Gasteiger partial charge in [0.1, 0.15) is 11.6 Å². The molecule has 1 aromatic carbocycles. The van der Waals surface area contributed by atoms with Crippen molar-refractivity contribution in [1.82, 2.24) is 20.5 Å². The number of nitrogens with zero attached hydrogens (tertiary/aromatic N) is 3. The van der Waals surface area contributed by atoms with Gasteiger partial charge in [-0.3, -0.25) is 9.89 Å². The summed E-state index contributed by atoms with van der Waals surface area (Å²) in [5.74, 6) is -0.440. The number of amides is 1. The minimum absolute atomic E-state index is 0.154. The van der Waals surface area contributed by atoms with Crippen molar-refractivity contribution in [2.24, 2.45) is 0 Å². The van der Waals surface area contributed by atoms with E-state index in [4.69, 9.17) is 0 Å². The first kappa shape index (κ1) is 17.1. The van der Waals surface area contributed by atoms with Gasteiger partial charge in [0.2, 0.25) is 0 Å². The molecule has 0 spiro atoms. The molecule has 8 heteroatoms. The van der Waals surface area contributed by atoms with E-state index in [1.807, 2.05) is 4.90 Å². The third-order valence-corrected chi connectivity index (χ3v) is 5.41. The van der Waals surface area contributed by atoms with E-state index in [2.05, 4.69) is 20.5 Å². The topological polar surface area (TPSA) is 73.9 Å². The van der Waals surface area contributed by atoms with Crippen molar-refractivity contribution in [3.05, 3.63) is 53.2 Å². The molecular weight excluding hydrogens is 364 g/mol. The van der Waals surface area contributed by atoms with Gasteiger partial charge < -0.3 is 10.2 Å². The minimum atomic E-state index is -0.462. The highest BCUT2D eigenvalue weighted by atomic mass is 19.1. The number of benzene rings is 1. The van der Waals surface area contributed by atoms with Crippen LogP contribution in [0.2, 0.25) is 0 Å². The molecule has 1 saturated carbocycles. The summed E-state index contributed by atoms with van der Waals surface area (Å²) in [6.45, 7) is 0.666. The molecule has 2 N–H and O–H groups in total. The van der Waals surface area contributed by atoms with E-state index in [9.17, 15) is 13.6 Å². The summed E-state index contributed by atoms with van der Waals surface area (Å²) >= 11 is 0. The molecule has 3 heterocycles. The third kappa shape index (κ3) is 2.98. The van der Waals surface area contributed by atoms with Gasteiger partial charge in [-0.2, -0.15) is 5.10 Å². The SMILES string of the molecule is O=C(NC1CC1)c1cnc2[nH]nc(N3CCCC3c3cc(F)ccc3F)c2c1. The van der Waals surface area contributed by atoms with E-state index in [1.54, 1.807) is 6.07 Å². The van der Waals surface area contributed by atoms with Crippen LogP contribution in [0.3, 0.4) is 0 Å². The Balaban J connectivity index is 1.52.